The van der Waals surface area contributed by atoms with Gasteiger partial charge in [-0.3, -0.25) is 0 Å². The predicted octanol–water partition coefficient (Wildman–Crippen LogP) is 12.0. The molecular weight excluding hydrogens is 520 g/mol. The van der Waals surface area contributed by atoms with Crippen LogP contribution in [0.5, 0.6) is 11.5 Å². The summed E-state index contributed by atoms with van der Waals surface area (Å²) >= 11 is 0. The topological polar surface area (TPSA) is 9.23 Å². The van der Waals surface area contributed by atoms with E-state index in [0.29, 0.717) is 22.4 Å². The molecule has 1 aliphatic rings. The third-order valence-corrected chi connectivity index (χ3v) is 9.05. The highest BCUT2D eigenvalue weighted by atomic mass is 16.5. The third kappa shape index (κ3) is 3.22. The molecule has 0 unspecified atom stereocenters. The zero-order valence-electron chi connectivity index (χ0n) is 27.0. The second kappa shape index (κ2) is 8.44. The Labute approximate surface area is 254 Å². The van der Waals surface area contributed by atoms with Crippen LogP contribution >= 0.6 is 0 Å². The third-order valence-electron chi connectivity index (χ3n) is 9.05. The predicted molar refractivity (Wildman–Crippen MR) is 182 cm³/mol. The van der Waals surface area contributed by atoms with Crippen LogP contribution in [0.15, 0.2) is 145 Å². The number of benzene rings is 9. The van der Waals surface area contributed by atoms with Gasteiger partial charge in [0.1, 0.15) is 11.5 Å². The second-order valence-electron chi connectivity index (χ2n) is 11.4. The summed E-state index contributed by atoms with van der Waals surface area (Å²) in [6.45, 7) is 0. The molecule has 0 fully saturated rings. The van der Waals surface area contributed by atoms with Crippen LogP contribution in [0.1, 0.15) is 5.48 Å². The Balaban J connectivity index is 1.18. The van der Waals surface area contributed by atoms with Crippen LogP contribution in [0.4, 0.5) is 0 Å². The van der Waals surface area contributed by atoms with Crippen molar-refractivity contribution in [1.82, 2.24) is 0 Å². The van der Waals surface area contributed by atoms with Crippen molar-refractivity contribution >= 4 is 53.9 Å². The Hall–Kier alpha value is -5.66. The van der Waals surface area contributed by atoms with Crippen molar-refractivity contribution in [3.8, 4) is 44.9 Å². The van der Waals surface area contributed by atoms with E-state index in [1.807, 2.05) is 48.5 Å². The van der Waals surface area contributed by atoms with Crippen LogP contribution in [0.25, 0.3) is 87.2 Å². The van der Waals surface area contributed by atoms with Crippen molar-refractivity contribution in [2.45, 2.75) is 0 Å². The molecule has 0 atom stereocenters. The molecule has 198 valence electrons. The Morgan fingerprint density at radius 2 is 1.07 bits per heavy atom. The van der Waals surface area contributed by atoms with Crippen LogP contribution in [0.3, 0.4) is 0 Å². The normalized spacial score (nSPS) is 13.7. The highest BCUT2D eigenvalue weighted by Gasteiger charge is 2.22. The first-order valence-corrected chi connectivity index (χ1v) is 14.5. The fourth-order valence-electron chi connectivity index (χ4n) is 7.08. The Morgan fingerprint density at radius 1 is 0.372 bits per heavy atom. The number of hydrogen-bond acceptors (Lipinski definition) is 1. The van der Waals surface area contributed by atoms with E-state index < -0.39 is 0 Å². The number of ether oxygens (including phenoxy) is 1. The molecule has 0 saturated heterocycles. The summed E-state index contributed by atoms with van der Waals surface area (Å²) in [4.78, 5) is 0. The minimum Gasteiger partial charge on any atom is -0.456 e. The molecule has 43 heavy (non-hydrogen) atoms. The van der Waals surface area contributed by atoms with Gasteiger partial charge in [-0.2, -0.15) is 0 Å². The van der Waals surface area contributed by atoms with Gasteiger partial charge in [-0.05, 0) is 94.5 Å². The maximum atomic E-state index is 9.23. The zero-order valence-corrected chi connectivity index (χ0v) is 23.0. The fourth-order valence-corrected chi connectivity index (χ4v) is 7.08. The molecule has 0 bridgehead atoms. The van der Waals surface area contributed by atoms with Crippen molar-refractivity contribution < 1.29 is 10.2 Å². The molecule has 0 radical (unpaired) electrons. The van der Waals surface area contributed by atoms with Crippen LogP contribution in [0.2, 0.25) is 0 Å². The first-order chi connectivity index (χ1) is 23.0. The smallest absolute Gasteiger partial charge is 0.136 e. The van der Waals surface area contributed by atoms with Gasteiger partial charge in [0.15, 0.2) is 0 Å². The molecule has 10 rings (SSSR count). The number of hydrogen-bond donors (Lipinski definition) is 0. The molecule has 0 aromatic heterocycles. The Kier molecular flexibility index (Phi) is 3.82. The van der Waals surface area contributed by atoms with E-state index in [-0.39, 0.29) is 29.7 Å². The Bertz CT molecular complexity index is 2770. The lowest BCUT2D eigenvalue weighted by Crippen LogP contribution is -1.98. The van der Waals surface area contributed by atoms with Gasteiger partial charge in [0.25, 0.3) is 0 Å². The molecule has 0 spiro atoms. The van der Waals surface area contributed by atoms with E-state index in [4.69, 9.17) is 4.74 Å². The SMILES string of the molecule is [2H]c1c([2H])c(-c2ccc3ccc4cccc5ccc2c3c45)c([2H])c([2H])c1-c1ccc2c(c1)-c1cccc3c1c(cc1ccccc13)O2. The highest BCUT2D eigenvalue weighted by molar-refractivity contribution is 6.25. The molecule has 0 saturated carbocycles. The second-order valence-corrected chi connectivity index (χ2v) is 11.4. The fraction of sp³-hybridized carbons (Fsp3) is 0. The number of fused-ring (bicyclic) bond motifs is 4. The molecule has 1 nitrogen and oxygen atoms in total. The summed E-state index contributed by atoms with van der Waals surface area (Å²) in [7, 11) is 0. The van der Waals surface area contributed by atoms with E-state index in [1.54, 1.807) is 0 Å². The van der Waals surface area contributed by atoms with Crippen molar-refractivity contribution in [3.05, 3.63) is 145 Å². The van der Waals surface area contributed by atoms with E-state index >= 15 is 0 Å². The average Bonchev–Trinajstić information content (AvgIpc) is 3.10. The maximum Gasteiger partial charge on any atom is 0.136 e. The summed E-state index contributed by atoms with van der Waals surface area (Å²) in [5.41, 5.74) is 3.80. The molecule has 9 aromatic rings. The van der Waals surface area contributed by atoms with Crippen molar-refractivity contribution in [3.63, 3.8) is 0 Å². The lowest BCUT2D eigenvalue weighted by Gasteiger charge is -2.23. The molecular formula is C42H24O. The van der Waals surface area contributed by atoms with E-state index in [0.717, 1.165) is 70.7 Å². The van der Waals surface area contributed by atoms with Gasteiger partial charge >= 0.3 is 0 Å². The van der Waals surface area contributed by atoms with E-state index in [1.165, 1.54) is 0 Å². The molecule has 9 aromatic carbocycles. The van der Waals surface area contributed by atoms with Gasteiger partial charge in [0.2, 0.25) is 0 Å². The van der Waals surface area contributed by atoms with Crippen LogP contribution in [0, 0.1) is 0 Å². The summed E-state index contributed by atoms with van der Waals surface area (Å²) in [5, 5.41) is 10.9. The summed E-state index contributed by atoms with van der Waals surface area (Å²) in [5.74, 6) is 1.50. The summed E-state index contributed by atoms with van der Waals surface area (Å²) < 4.78 is 43.4. The average molecular weight is 549 g/mol. The highest BCUT2D eigenvalue weighted by Crippen LogP contribution is 2.49. The first kappa shape index (κ1) is 19.5. The standard InChI is InChI=1S/C42H24O/c1-2-8-32-31(5-1)24-39-42-34(32)9-4-10-35(42)37-23-30(19-22-38(37)43-39)25-11-13-26(14-12-25)33-20-17-29-16-15-27-6-3-7-28-18-21-36(33)41(29)40(27)28/h1-24H/i11D,12D,13D,14D. The zero-order chi connectivity index (χ0) is 31.6. The lowest BCUT2D eigenvalue weighted by atomic mass is 9.89. The van der Waals surface area contributed by atoms with E-state index in [2.05, 4.69) is 72.8 Å². The van der Waals surface area contributed by atoms with Crippen molar-refractivity contribution in [2.24, 2.45) is 0 Å². The largest absolute Gasteiger partial charge is 0.456 e. The summed E-state index contributed by atoms with van der Waals surface area (Å²) in [6, 6.07) is 40.6. The van der Waals surface area contributed by atoms with Crippen LogP contribution < -0.4 is 4.74 Å². The van der Waals surface area contributed by atoms with Gasteiger partial charge in [-0.1, -0.05) is 127 Å². The van der Waals surface area contributed by atoms with Gasteiger partial charge in [-0.15, -0.1) is 0 Å². The van der Waals surface area contributed by atoms with Crippen molar-refractivity contribution in [2.75, 3.05) is 0 Å². The van der Waals surface area contributed by atoms with Gasteiger partial charge in [0, 0.05) is 10.9 Å². The molecule has 0 aliphatic carbocycles. The molecule has 0 amide bonds. The molecule has 0 N–H and O–H groups in total. The number of rotatable bonds is 2. The quantitative estimate of drug-likeness (QED) is 0.195. The molecule has 1 aliphatic heterocycles. The summed E-state index contributed by atoms with van der Waals surface area (Å²) in [6.07, 6.45) is 0. The molecule has 1 heteroatoms. The van der Waals surface area contributed by atoms with E-state index in [9.17, 15) is 5.48 Å². The lowest BCUT2D eigenvalue weighted by molar-refractivity contribution is 0.488. The molecule has 1 heterocycles. The van der Waals surface area contributed by atoms with Gasteiger partial charge < -0.3 is 4.74 Å². The van der Waals surface area contributed by atoms with Crippen LogP contribution in [-0.2, 0) is 0 Å². The minimum absolute atomic E-state index is 0.0519. The van der Waals surface area contributed by atoms with Crippen LogP contribution in [-0.4, -0.2) is 0 Å². The maximum absolute atomic E-state index is 9.23. The first-order valence-electron chi connectivity index (χ1n) is 16.5. The monoisotopic (exact) mass is 548 g/mol. The minimum atomic E-state index is -0.0621. The van der Waals surface area contributed by atoms with Gasteiger partial charge in [0.05, 0.1) is 5.48 Å². The Morgan fingerprint density at radius 3 is 1.95 bits per heavy atom. The van der Waals surface area contributed by atoms with Gasteiger partial charge in [-0.25, -0.2) is 0 Å². The van der Waals surface area contributed by atoms with Crippen molar-refractivity contribution in [1.29, 1.82) is 0 Å².